The zero-order chi connectivity index (χ0) is 11.5. The minimum atomic E-state index is -0.226. The van der Waals surface area contributed by atoms with Crippen molar-refractivity contribution in [2.45, 2.75) is 25.4 Å². The number of aliphatic hydroxyl groups excluding tert-OH is 1. The highest BCUT2D eigenvalue weighted by atomic mass is 79.9. The number of hydrogen-bond donors (Lipinski definition) is 1. The molecule has 1 unspecified atom stereocenters. The molecule has 0 amide bonds. The Morgan fingerprint density at radius 3 is 3.00 bits per heavy atom. The molecule has 1 aliphatic heterocycles. The number of rotatable bonds is 3. The van der Waals surface area contributed by atoms with Crippen molar-refractivity contribution in [3.63, 3.8) is 0 Å². The predicted molar refractivity (Wildman–Crippen MR) is 64.6 cm³/mol. The quantitative estimate of drug-likeness (QED) is 0.924. The second-order valence-corrected chi connectivity index (χ2v) is 5.04. The molecular weight excluding hydrogens is 273 g/mol. The van der Waals surface area contributed by atoms with Crippen LogP contribution in [-0.4, -0.2) is 29.2 Å². The smallest absolute Gasteiger partial charge is 0.124 e. The molecule has 88 valence electrons. The fraction of sp³-hybridized carbons (Fsp3) is 0.500. The van der Waals surface area contributed by atoms with Crippen molar-refractivity contribution in [1.29, 1.82) is 0 Å². The summed E-state index contributed by atoms with van der Waals surface area (Å²) in [5, 5.41) is 9.21. The molecule has 0 saturated carbocycles. The van der Waals surface area contributed by atoms with E-state index in [-0.39, 0.29) is 18.5 Å². The SMILES string of the molecule is OCC1CCCN1Cc1ccc(F)cc1Br. The average Bonchev–Trinajstić information content (AvgIpc) is 2.69. The average molecular weight is 288 g/mol. The van der Waals surface area contributed by atoms with Crippen molar-refractivity contribution < 1.29 is 9.50 Å². The van der Waals surface area contributed by atoms with Gasteiger partial charge in [0.1, 0.15) is 5.82 Å². The number of halogens is 2. The Kier molecular flexibility index (Phi) is 3.95. The Bertz CT molecular complexity index is 372. The Balaban J connectivity index is 2.08. The summed E-state index contributed by atoms with van der Waals surface area (Å²) in [5.41, 5.74) is 1.07. The third-order valence-electron chi connectivity index (χ3n) is 3.10. The van der Waals surface area contributed by atoms with E-state index in [4.69, 9.17) is 0 Å². The van der Waals surface area contributed by atoms with Crippen LogP contribution in [0.1, 0.15) is 18.4 Å². The highest BCUT2D eigenvalue weighted by Gasteiger charge is 2.23. The summed E-state index contributed by atoms with van der Waals surface area (Å²) in [6, 6.07) is 5.02. The van der Waals surface area contributed by atoms with Crippen LogP contribution in [-0.2, 0) is 6.54 Å². The molecule has 2 nitrogen and oxygen atoms in total. The molecule has 0 spiro atoms. The first-order chi connectivity index (χ1) is 7.70. The van der Waals surface area contributed by atoms with E-state index in [1.54, 1.807) is 6.07 Å². The van der Waals surface area contributed by atoms with Crippen molar-refractivity contribution >= 4 is 15.9 Å². The van der Waals surface area contributed by atoms with Gasteiger partial charge in [0.15, 0.2) is 0 Å². The summed E-state index contributed by atoms with van der Waals surface area (Å²) >= 11 is 3.37. The number of likely N-dealkylation sites (tertiary alicyclic amines) is 1. The monoisotopic (exact) mass is 287 g/mol. The molecule has 0 radical (unpaired) electrons. The van der Waals surface area contributed by atoms with E-state index < -0.39 is 0 Å². The fourth-order valence-electron chi connectivity index (χ4n) is 2.18. The van der Waals surface area contributed by atoms with E-state index >= 15 is 0 Å². The summed E-state index contributed by atoms with van der Waals surface area (Å²) in [4.78, 5) is 2.25. The molecule has 0 bridgehead atoms. The maximum absolute atomic E-state index is 12.9. The Morgan fingerprint density at radius 1 is 1.50 bits per heavy atom. The van der Waals surface area contributed by atoms with Gasteiger partial charge in [-0.05, 0) is 37.1 Å². The van der Waals surface area contributed by atoms with Gasteiger partial charge in [-0.3, -0.25) is 4.90 Å². The largest absolute Gasteiger partial charge is 0.395 e. The van der Waals surface area contributed by atoms with Crippen LogP contribution < -0.4 is 0 Å². The lowest BCUT2D eigenvalue weighted by Gasteiger charge is -2.23. The lowest BCUT2D eigenvalue weighted by Crippen LogP contribution is -2.31. The van der Waals surface area contributed by atoms with E-state index in [0.717, 1.165) is 36.0 Å². The van der Waals surface area contributed by atoms with Crippen LogP contribution in [0.3, 0.4) is 0 Å². The molecule has 0 aliphatic carbocycles. The summed E-state index contributed by atoms with van der Waals surface area (Å²) in [6.07, 6.45) is 2.18. The first-order valence-electron chi connectivity index (χ1n) is 5.49. The van der Waals surface area contributed by atoms with E-state index in [0.29, 0.717) is 0 Å². The normalized spacial score (nSPS) is 21.6. The van der Waals surface area contributed by atoms with E-state index in [1.807, 2.05) is 0 Å². The highest BCUT2D eigenvalue weighted by molar-refractivity contribution is 9.10. The molecular formula is C12H15BrFNO. The van der Waals surface area contributed by atoms with Crippen LogP contribution in [0.2, 0.25) is 0 Å². The number of aliphatic hydroxyl groups is 1. The second kappa shape index (κ2) is 5.25. The van der Waals surface area contributed by atoms with E-state index in [9.17, 15) is 9.50 Å². The zero-order valence-corrected chi connectivity index (χ0v) is 10.6. The summed E-state index contributed by atoms with van der Waals surface area (Å²) in [6.45, 7) is 1.99. The molecule has 2 rings (SSSR count). The lowest BCUT2D eigenvalue weighted by atomic mass is 10.2. The van der Waals surface area contributed by atoms with Crippen molar-refractivity contribution in [2.24, 2.45) is 0 Å². The lowest BCUT2D eigenvalue weighted by molar-refractivity contribution is 0.153. The molecule has 1 aromatic rings. The number of benzene rings is 1. The maximum atomic E-state index is 12.9. The predicted octanol–water partition coefficient (Wildman–Crippen LogP) is 2.54. The number of nitrogens with zero attached hydrogens (tertiary/aromatic N) is 1. The van der Waals surface area contributed by atoms with Crippen LogP contribution in [0.5, 0.6) is 0 Å². The highest BCUT2D eigenvalue weighted by Crippen LogP contribution is 2.24. The molecule has 16 heavy (non-hydrogen) atoms. The topological polar surface area (TPSA) is 23.5 Å². The van der Waals surface area contributed by atoms with E-state index in [2.05, 4.69) is 20.8 Å². The van der Waals surface area contributed by atoms with Gasteiger partial charge < -0.3 is 5.11 Å². The Morgan fingerprint density at radius 2 is 2.31 bits per heavy atom. The van der Waals surface area contributed by atoms with Crippen molar-refractivity contribution in [2.75, 3.05) is 13.2 Å². The van der Waals surface area contributed by atoms with Crippen LogP contribution in [0.4, 0.5) is 4.39 Å². The summed E-state index contributed by atoms with van der Waals surface area (Å²) < 4.78 is 13.7. The first-order valence-corrected chi connectivity index (χ1v) is 6.29. The minimum Gasteiger partial charge on any atom is -0.395 e. The molecule has 1 aliphatic rings. The van der Waals surface area contributed by atoms with Crippen LogP contribution in [0.15, 0.2) is 22.7 Å². The minimum absolute atomic E-state index is 0.207. The maximum Gasteiger partial charge on any atom is 0.124 e. The van der Waals surface area contributed by atoms with Gasteiger partial charge in [-0.2, -0.15) is 0 Å². The van der Waals surface area contributed by atoms with Crippen LogP contribution in [0.25, 0.3) is 0 Å². The van der Waals surface area contributed by atoms with Gasteiger partial charge in [-0.1, -0.05) is 22.0 Å². The van der Waals surface area contributed by atoms with Gasteiger partial charge in [0.2, 0.25) is 0 Å². The second-order valence-electron chi connectivity index (χ2n) is 4.18. The standard InChI is InChI=1S/C12H15BrFNO/c13-12-6-10(14)4-3-9(12)7-15-5-1-2-11(15)8-16/h3-4,6,11,16H,1-2,5,7-8H2. The molecule has 1 saturated heterocycles. The molecule has 1 atom stereocenters. The third-order valence-corrected chi connectivity index (χ3v) is 3.84. The van der Waals surface area contributed by atoms with Crippen LogP contribution >= 0.6 is 15.9 Å². The van der Waals surface area contributed by atoms with Gasteiger partial charge in [-0.25, -0.2) is 4.39 Å². The molecule has 1 fully saturated rings. The fourth-order valence-corrected chi connectivity index (χ4v) is 2.66. The molecule has 1 aromatic carbocycles. The van der Waals surface area contributed by atoms with Crippen LogP contribution in [0, 0.1) is 5.82 Å². The molecule has 4 heteroatoms. The Labute approximate surface area is 103 Å². The zero-order valence-electron chi connectivity index (χ0n) is 9.00. The molecule has 1 N–H and O–H groups in total. The van der Waals surface area contributed by atoms with E-state index in [1.165, 1.54) is 12.1 Å². The molecule has 1 heterocycles. The summed E-state index contributed by atoms with van der Waals surface area (Å²) in [5.74, 6) is -0.226. The van der Waals surface area contributed by atoms with Crippen molar-refractivity contribution in [3.8, 4) is 0 Å². The Hall–Kier alpha value is -0.450. The first kappa shape index (κ1) is 12.0. The van der Waals surface area contributed by atoms with Gasteiger partial charge in [-0.15, -0.1) is 0 Å². The van der Waals surface area contributed by atoms with Gasteiger partial charge >= 0.3 is 0 Å². The van der Waals surface area contributed by atoms with Gasteiger partial charge in [0, 0.05) is 17.1 Å². The van der Waals surface area contributed by atoms with Gasteiger partial charge in [0.05, 0.1) is 6.61 Å². The third kappa shape index (κ3) is 2.62. The van der Waals surface area contributed by atoms with Crippen molar-refractivity contribution in [3.05, 3.63) is 34.1 Å². The van der Waals surface area contributed by atoms with Gasteiger partial charge in [0.25, 0.3) is 0 Å². The number of hydrogen-bond acceptors (Lipinski definition) is 2. The molecule has 0 aromatic heterocycles. The van der Waals surface area contributed by atoms with Crippen molar-refractivity contribution in [1.82, 2.24) is 4.90 Å². The summed E-state index contributed by atoms with van der Waals surface area (Å²) in [7, 11) is 0.